The third-order valence-electron chi connectivity index (χ3n) is 4.96. The van der Waals surface area contributed by atoms with Crippen LogP contribution in [-0.4, -0.2) is 38.0 Å². The molecule has 2 rings (SSSR count). The Morgan fingerprint density at radius 3 is 2.54 bits per heavy atom. The number of esters is 1. The molecule has 1 aliphatic rings. The first-order valence-corrected chi connectivity index (χ1v) is 11.3. The minimum atomic E-state index is -3.26. The third kappa shape index (κ3) is 5.81. The quantitative estimate of drug-likeness (QED) is 0.443. The second-order valence-corrected chi connectivity index (χ2v) is 9.15. The van der Waals surface area contributed by atoms with Crippen molar-refractivity contribution in [2.75, 3.05) is 12.4 Å². The number of benzene rings is 1. The largest absolute Gasteiger partial charge is 0.461 e. The molecule has 1 heterocycles. The number of cyclic esters (lactones) is 1. The summed E-state index contributed by atoms with van der Waals surface area (Å²) in [7, 11) is -3.26. The zero-order valence-corrected chi connectivity index (χ0v) is 16.3. The summed E-state index contributed by atoms with van der Waals surface area (Å²) in [6, 6.07) is 7.02. The van der Waals surface area contributed by atoms with Crippen LogP contribution in [0.3, 0.4) is 0 Å². The molecule has 1 aliphatic heterocycles. The highest BCUT2D eigenvalue weighted by Gasteiger charge is 2.41. The Bertz CT molecular complexity index is 683. The van der Waals surface area contributed by atoms with E-state index in [0.29, 0.717) is 24.2 Å². The summed E-state index contributed by atoms with van der Waals surface area (Å²) < 4.78 is 30.1. The van der Waals surface area contributed by atoms with Crippen molar-refractivity contribution in [1.29, 1.82) is 0 Å². The Kier molecular flexibility index (Phi) is 8.10. The molecule has 1 saturated heterocycles. The SMILES string of the molecule is CCCCCCCCS(=O)(=O)c1cccc(CC[C@@H]2OC(=O)[C@H]2CO)c1. The second kappa shape index (κ2) is 10.1. The molecule has 1 aromatic rings. The number of sulfone groups is 1. The number of aliphatic hydroxyl groups is 1. The van der Waals surface area contributed by atoms with E-state index in [4.69, 9.17) is 9.84 Å². The van der Waals surface area contributed by atoms with Gasteiger partial charge in [0.2, 0.25) is 0 Å². The van der Waals surface area contributed by atoms with Crippen molar-refractivity contribution in [3.8, 4) is 0 Å². The Morgan fingerprint density at radius 2 is 1.85 bits per heavy atom. The second-order valence-electron chi connectivity index (χ2n) is 7.04. The maximum Gasteiger partial charge on any atom is 0.315 e. The molecule has 0 unspecified atom stereocenters. The highest BCUT2D eigenvalue weighted by molar-refractivity contribution is 7.91. The fourth-order valence-corrected chi connectivity index (χ4v) is 4.68. The Labute approximate surface area is 156 Å². The molecule has 1 N–H and O–H groups in total. The Morgan fingerprint density at radius 1 is 1.12 bits per heavy atom. The predicted octanol–water partition coefficient (Wildman–Crippen LogP) is 3.29. The van der Waals surface area contributed by atoms with Gasteiger partial charge in [-0.25, -0.2) is 8.42 Å². The van der Waals surface area contributed by atoms with Crippen molar-refractivity contribution < 1.29 is 23.1 Å². The summed E-state index contributed by atoms with van der Waals surface area (Å²) in [6.45, 7) is 1.96. The van der Waals surface area contributed by atoms with Gasteiger partial charge >= 0.3 is 5.97 Å². The molecule has 146 valence electrons. The molecule has 2 atom stereocenters. The van der Waals surface area contributed by atoms with E-state index in [2.05, 4.69) is 6.92 Å². The Balaban J connectivity index is 1.84. The molecule has 0 saturated carbocycles. The normalized spacial score (nSPS) is 19.8. The van der Waals surface area contributed by atoms with Gasteiger partial charge in [-0.15, -0.1) is 0 Å². The van der Waals surface area contributed by atoms with Crippen molar-refractivity contribution in [2.24, 2.45) is 5.92 Å². The van der Waals surface area contributed by atoms with Crippen LogP contribution in [0.1, 0.15) is 57.4 Å². The predicted molar refractivity (Wildman–Crippen MR) is 101 cm³/mol. The molecular formula is C20H30O5S. The van der Waals surface area contributed by atoms with Crippen molar-refractivity contribution in [2.45, 2.75) is 69.3 Å². The minimum absolute atomic E-state index is 0.190. The lowest BCUT2D eigenvalue weighted by Gasteiger charge is -2.33. The number of carbonyl (C=O) groups excluding carboxylic acids is 1. The summed E-state index contributed by atoms with van der Waals surface area (Å²) >= 11 is 0. The molecule has 0 spiro atoms. The number of carbonyl (C=O) groups is 1. The monoisotopic (exact) mass is 382 g/mol. The summed E-state index contributed by atoms with van der Waals surface area (Å²) in [6.07, 6.45) is 7.26. The van der Waals surface area contributed by atoms with E-state index in [1.807, 2.05) is 6.07 Å². The van der Waals surface area contributed by atoms with Crippen LogP contribution in [0.15, 0.2) is 29.2 Å². The lowest BCUT2D eigenvalue weighted by Crippen LogP contribution is -2.47. The highest BCUT2D eigenvalue weighted by Crippen LogP contribution is 2.26. The van der Waals surface area contributed by atoms with E-state index in [1.54, 1.807) is 18.2 Å². The van der Waals surface area contributed by atoms with Crippen LogP contribution in [0.4, 0.5) is 0 Å². The van der Waals surface area contributed by atoms with Gasteiger partial charge in [0.05, 0.1) is 17.3 Å². The number of aryl methyl sites for hydroxylation is 1. The van der Waals surface area contributed by atoms with Gasteiger partial charge in [-0.05, 0) is 37.0 Å². The summed E-state index contributed by atoms with van der Waals surface area (Å²) in [5, 5.41) is 9.15. The van der Waals surface area contributed by atoms with Crippen molar-refractivity contribution in [3.05, 3.63) is 29.8 Å². The minimum Gasteiger partial charge on any atom is -0.461 e. The van der Waals surface area contributed by atoms with Crippen LogP contribution in [-0.2, 0) is 25.8 Å². The maximum atomic E-state index is 12.5. The number of rotatable bonds is 12. The van der Waals surface area contributed by atoms with Crippen LogP contribution >= 0.6 is 0 Å². The fraction of sp³-hybridized carbons (Fsp3) is 0.650. The van der Waals surface area contributed by atoms with Gasteiger partial charge in [-0.1, -0.05) is 51.2 Å². The topological polar surface area (TPSA) is 80.7 Å². The van der Waals surface area contributed by atoms with Crippen molar-refractivity contribution in [3.63, 3.8) is 0 Å². The number of unbranched alkanes of at least 4 members (excludes halogenated alkanes) is 5. The number of hydrogen-bond donors (Lipinski definition) is 1. The van der Waals surface area contributed by atoms with Crippen molar-refractivity contribution in [1.82, 2.24) is 0 Å². The Hall–Kier alpha value is -1.40. The highest BCUT2D eigenvalue weighted by atomic mass is 32.2. The smallest absolute Gasteiger partial charge is 0.315 e. The van der Waals surface area contributed by atoms with Gasteiger partial charge in [0.1, 0.15) is 12.0 Å². The summed E-state index contributed by atoms with van der Waals surface area (Å²) in [5.41, 5.74) is 0.911. The van der Waals surface area contributed by atoms with Crippen LogP contribution in [0, 0.1) is 5.92 Å². The maximum absolute atomic E-state index is 12.5. The lowest BCUT2D eigenvalue weighted by atomic mass is 9.92. The molecule has 6 heteroatoms. The van der Waals surface area contributed by atoms with Gasteiger partial charge in [0.15, 0.2) is 9.84 Å². The van der Waals surface area contributed by atoms with Crippen LogP contribution in [0.25, 0.3) is 0 Å². The molecule has 0 aliphatic carbocycles. The van der Waals surface area contributed by atoms with E-state index in [9.17, 15) is 13.2 Å². The standard InChI is InChI=1S/C20H30O5S/c1-2-3-4-5-6-7-13-26(23,24)17-10-8-9-16(14-17)11-12-19-18(15-21)20(22)25-19/h8-10,14,18-19,21H,2-7,11-13,15H2,1H3/t18-,19-/m0/s1. The number of hydrogen-bond acceptors (Lipinski definition) is 5. The fourth-order valence-electron chi connectivity index (χ4n) is 3.24. The van der Waals surface area contributed by atoms with Crippen LogP contribution < -0.4 is 0 Å². The molecule has 1 fully saturated rings. The van der Waals surface area contributed by atoms with Gasteiger partial charge in [-0.2, -0.15) is 0 Å². The molecule has 26 heavy (non-hydrogen) atoms. The van der Waals surface area contributed by atoms with E-state index >= 15 is 0 Å². The van der Waals surface area contributed by atoms with Gasteiger partial charge in [0.25, 0.3) is 0 Å². The first kappa shape index (κ1) is 20.9. The third-order valence-corrected chi connectivity index (χ3v) is 6.76. The van der Waals surface area contributed by atoms with E-state index in [0.717, 1.165) is 18.4 Å². The molecule has 1 aromatic carbocycles. The van der Waals surface area contributed by atoms with Gasteiger partial charge in [-0.3, -0.25) is 4.79 Å². The van der Waals surface area contributed by atoms with Crippen molar-refractivity contribution >= 4 is 15.8 Å². The molecule has 0 aromatic heterocycles. The zero-order valence-electron chi connectivity index (χ0n) is 15.5. The van der Waals surface area contributed by atoms with Gasteiger partial charge < -0.3 is 9.84 Å². The van der Waals surface area contributed by atoms with E-state index in [-0.39, 0.29) is 24.4 Å². The van der Waals surface area contributed by atoms with Gasteiger partial charge in [0, 0.05) is 0 Å². The lowest BCUT2D eigenvalue weighted by molar-refractivity contribution is -0.188. The van der Waals surface area contributed by atoms with E-state index < -0.39 is 15.8 Å². The number of aliphatic hydroxyl groups excluding tert-OH is 1. The first-order valence-electron chi connectivity index (χ1n) is 9.61. The molecule has 0 radical (unpaired) electrons. The van der Waals surface area contributed by atoms with Crippen LogP contribution in [0.2, 0.25) is 0 Å². The molecule has 0 amide bonds. The van der Waals surface area contributed by atoms with Crippen LogP contribution in [0.5, 0.6) is 0 Å². The number of ether oxygens (including phenoxy) is 1. The first-order chi connectivity index (χ1) is 12.5. The average molecular weight is 383 g/mol. The molecule has 5 nitrogen and oxygen atoms in total. The molecular weight excluding hydrogens is 352 g/mol. The zero-order chi connectivity index (χ0) is 19.0. The van der Waals surface area contributed by atoms with E-state index in [1.165, 1.54) is 19.3 Å². The summed E-state index contributed by atoms with van der Waals surface area (Å²) in [5.74, 6) is -0.600. The molecule has 0 bridgehead atoms. The average Bonchev–Trinajstić information content (AvgIpc) is 2.62. The summed E-state index contributed by atoms with van der Waals surface area (Å²) in [4.78, 5) is 11.6.